The van der Waals surface area contributed by atoms with Crippen LogP contribution in [0.25, 0.3) is 0 Å². The molecule has 4 nitrogen and oxygen atoms in total. The zero-order valence-electron chi connectivity index (χ0n) is 12.2. The van der Waals surface area contributed by atoms with Crippen LogP contribution in [-0.2, 0) is 4.79 Å². The molecule has 5 heteroatoms. The molecule has 0 bridgehead atoms. The molecule has 0 aromatic heterocycles. The van der Waals surface area contributed by atoms with E-state index in [9.17, 15) is 9.18 Å². The van der Waals surface area contributed by atoms with Crippen LogP contribution in [0.2, 0.25) is 0 Å². The normalized spacial score (nSPS) is 14.2. The van der Waals surface area contributed by atoms with E-state index < -0.39 is 0 Å². The summed E-state index contributed by atoms with van der Waals surface area (Å²) in [5.74, 6) is -0.666. The van der Waals surface area contributed by atoms with E-state index in [2.05, 4.69) is 6.92 Å². The first-order valence-corrected chi connectivity index (χ1v) is 6.99. The van der Waals surface area contributed by atoms with Crippen molar-refractivity contribution in [1.29, 1.82) is 0 Å². The molecule has 1 aromatic carbocycles. The Kier molecular flexibility index (Phi) is 6.61. The monoisotopic (exact) mass is 281 g/mol. The van der Waals surface area contributed by atoms with E-state index in [-0.39, 0.29) is 30.4 Å². The molecule has 0 aliphatic carbocycles. The van der Waals surface area contributed by atoms with Crippen LogP contribution in [0, 0.1) is 5.82 Å². The molecule has 1 aromatic rings. The van der Waals surface area contributed by atoms with Gasteiger partial charge in [-0.25, -0.2) is 4.39 Å². The van der Waals surface area contributed by atoms with Crippen molar-refractivity contribution < 1.29 is 9.18 Å². The molecule has 0 aliphatic rings. The maximum Gasteiger partial charge on any atom is 0.231 e. The quantitative estimate of drug-likeness (QED) is 0.763. The number of primary amides is 1. The topological polar surface area (TPSA) is 72.3 Å². The number of carbonyl (C=O) groups excluding carboxylic acids is 1. The minimum absolute atomic E-state index is 0.144. The van der Waals surface area contributed by atoms with Gasteiger partial charge in [-0.1, -0.05) is 25.5 Å². The highest BCUT2D eigenvalue weighted by Gasteiger charge is 2.24. The van der Waals surface area contributed by atoms with Gasteiger partial charge in [0.15, 0.2) is 0 Å². The third kappa shape index (κ3) is 4.90. The fourth-order valence-corrected chi connectivity index (χ4v) is 2.38. The molecule has 1 amide bonds. The van der Waals surface area contributed by atoms with E-state index in [1.807, 2.05) is 11.8 Å². The van der Waals surface area contributed by atoms with Crippen molar-refractivity contribution in [3.05, 3.63) is 35.6 Å². The van der Waals surface area contributed by atoms with Crippen LogP contribution in [0.1, 0.15) is 38.3 Å². The molecule has 0 heterocycles. The Balaban J connectivity index is 2.99. The van der Waals surface area contributed by atoms with Gasteiger partial charge in [0.1, 0.15) is 5.82 Å². The van der Waals surface area contributed by atoms with Gasteiger partial charge in [0.05, 0.1) is 12.6 Å². The van der Waals surface area contributed by atoms with Crippen LogP contribution in [-0.4, -0.2) is 29.9 Å². The highest BCUT2D eigenvalue weighted by atomic mass is 19.1. The summed E-state index contributed by atoms with van der Waals surface area (Å²) in [6.07, 6.45) is 1.97. The number of halogens is 1. The third-order valence-corrected chi connectivity index (χ3v) is 3.26. The molecule has 0 spiro atoms. The number of carbonyl (C=O) groups is 1. The van der Waals surface area contributed by atoms with Gasteiger partial charge >= 0.3 is 0 Å². The first-order chi connectivity index (χ1) is 9.45. The maximum atomic E-state index is 13.0. The van der Waals surface area contributed by atoms with Gasteiger partial charge in [-0.3, -0.25) is 9.69 Å². The highest BCUT2D eigenvalue weighted by Crippen LogP contribution is 2.24. The van der Waals surface area contributed by atoms with Gasteiger partial charge < -0.3 is 11.5 Å². The van der Waals surface area contributed by atoms with Crippen LogP contribution < -0.4 is 11.5 Å². The number of rotatable bonds is 8. The Morgan fingerprint density at radius 3 is 2.40 bits per heavy atom. The lowest BCUT2D eigenvalue weighted by molar-refractivity contribution is -0.119. The van der Waals surface area contributed by atoms with Crippen LogP contribution in [0.15, 0.2) is 24.3 Å². The van der Waals surface area contributed by atoms with Crippen LogP contribution in [0.3, 0.4) is 0 Å². The van der Waals surface area contributed by atoms with E-state index in [1.54, 1.807) is 12.1 Å². The van der Waals surface area contributed by atoms with Crippen molar-refractivity contribution >= 4 is 5.91 Å². The number of nitrogens with zero attached hydrogens (tertiary/aromatic N) is 1. The Bertz CT molecular complexity index is 420. The zero-order chi connectivity index (χ0) is 15.1. The molecular weight excluding hydrogens is 257 g/mol. The SMILES string of the molecule is CCCCN(CC(N)=O)C(c1ccc(F)cc1)C(C)N. The summed E-state index contributed by atoms with van der Waals surface area (Å²) in [4.78, 5) is 13.2. The van der Waals surface area contributed by atoms with Crippen molar-refractivity contribution in [2.45, 2.75) is 38.8 Å². The molecule has 112 valence electrons. The summed E-state index contributed by atoms with van der Waals surface area (Å²) in [5.41, 5.74) is 12.3. The van der Waals surface area contributed by atoms with Crippen LogP contribution in [0.5, 0.6) is 0 Å². The summed E-state index contributed by atoms with van der Waals surface area (Å²) in [7, 11) is 0. The molecule has 0 radical (unpaired) electrons. The number of hydrogen-bond acceptors (Lipinski definition) is 3. The fourth-order valence-electron chi connectivity index (χ4n) is 2.38. The van der Waals surface area contributed by atoms with Crippen molar-refractivity contribution in [2.24, 2.45) is 11.5 Å². The number of nitrogens with two attached hydrogens (primary N) is 2. The summed E-state index contributed by atoms with van der Waals surface area (Å²) in [6.45, 7) is 4.86. The van der Waals surface area contributed by atoms with Crippen LogP contribution in [0.4, 0.5) is 4.39 Å². The van der Waals surface area contributed by atoms with E-state index in [1.165, 1.54) is 12.1 Å². The number of benzene rings is 1. The van der Waals surface area contributed by atoms with Gasteiger partial charge in [0.2, 0.25) is 5.91 Å². The Hall–Kier alpha value is -1.46. The predicted molar refractivity (Wildman–Crippen MR) is 78.5 cm³/mol. The lowest BCUT2D eigenvalue weighted by atomic mass is 9.98. The maximum absolute atomic E-state index is 13.0. The number of hydrogen-bond donors (Lipinski definition) is 2. The zero-order valence-corrected chi connectivity index (χ0v) is 12.2. The van der Waals surface area contributed by atoms with Gasteiger partial charge in [-0.05, 0) is 37.6 Å². The first-order valence-electron chi connectivity index (χ1n) is 6.99. The fraction of sp³-hybridized carbons (Fsp3) is 0.533. The number of amides is 1. The van der Waals surface area contributed by atoms with Crippen molar-refractivity contribution in [3.63, 3.8) is 0 Å². The molecule has 2 unspecified atom stereocenters. The second-order valence-corrected chi connectivity index (χ2v) is 5.15. The Morgan fingerprint density at radius 2 is 1.95 bits per heavy atom. The average molecular weight is 281 g/mol. The molecule has 0 aliphatic heterocycles. The molecule has 4 N–H and O–H groups in total. The summed E-state index contributed by atoms with van der Waals surface area (Å²) >= 11 is 0. The molecule has 0 saturated heterocycles. The predicted octanol–water partition coefficient (Wildman–Crippen LogP) is 1.80. The van der Waals surface area contributed by atoms with Crippen molar-refractivity contribution in [3.8, 4) is 0 Å². The van der Waals surface area contributed by atoms with Crippen LogP contribution >= 0.6 is 0 Å². The Morgan fingerprint density at radius 1 is 1.35 bits per heavy atom. The van der Waals surface area contributed by atoms with Crippen molar-refractivity contribution in [1.82, 2.24) is 4.90 Å². The number of unbranched alkanes of at least 4 members (excludes halogenated alkanes) is 1. The Labute approximate surface area is 119 Å². The largest absolute Gasteiger partial charge is 0.369 e. The molecule has 20 heavy (non-hydrogen) atoms. The molecular formula is C15H24FN3O. The molecule has 0 saturated carbocycles. The lowest BCUT2D eigenvalue weighted by Crippen LogP contribution is -2.44. The minimum atomic E-state index is -0.381. The van der Waals surface area contributed by atoms with Crippen molar-refractivity contribution in [2.75, 3.05) is 13.1 Å². The van der Waals surface area contributed by atoms with Gasteiger partial charge in [-0.2, -0.15) is 0 Å². The average Bonchev–Trinajstić information content (AvgIpc) is 2.37. The van der Waals surface area contributed by atoms with Gasteiger partial charge in [0, 0.05) is 6.04 Å². The second-order valence-electron chi connectivity index (χ2n) is 5.15. The van der Waals surface area contributed by atoms with E-state index >= 15 is 0 Å². The minimum Gasteiger partial charge on any atom is -0.369 e. The van der Waals surface area contributed by atoms with E-state index in [0.29, 0.717) is 0 Å². The van der Waals surface area contributed by atoms with E-state index in [4.69, 9.17) is 11.5 Å². The highest BCUT2D eigenvalue weighted by molar-refractivity contribution is 5.76. The molecule has 0 fully saturated rings. The first kappa shape index (κ1) is 16.6. The molecule has 1 rings (SSSR count). The van der Waals surface area contributed by atoms with Gasteiger partial charge in [-0.15, -0.1) is 0 Å². The molecule has 2 atom stereocenters. The third-order valence-electron chi connectivity index (χ3n) is 3.26. The van der Waals surface area contributed by atoms with E-state index in [0.717, 1.165) is 24.9 Å². The smallest absolute Gasteiger partial charge is 0.231 e. The standard InChI is InChI=1S/C15H24FN3O/c1-3-4-9-19(10-14(18)20)15(11(2)17)12-5-7-13(16)8-6-12/h5-8,11,15H,3-4,9-10,17H2,1-2H3,(H2,18,20). The van der Waals surface area contributed by atoms with Gasteiger partial charge in [0.25, 0.3) is 0 Å². The summed E-state index contributed by atoms with van der Waals surface area (Å²) in [5, 5.41) is 0. The lowest BCUT2D eigenvalue weighted by Gasteiger charge is -2.33. The summed E-state index contributed by atoms with van der Waals surface area (Å²) in [6, 6.07) is 5.92. The summed E-state index contributed by atoms with van der Waals surface area (Å²) < 4.78 is 13.0. The second kappa shape index (κ2) is 7.97.